The van der Waals surface area contributed by atoms with Gasteiger partial charge in [0.05, 0.1) is 0 Å². The molecule has 0 aromatic carbocycles. The molecule has 0 bridgehead atoms. The Balaban J connectivity index is 2.01. The van der Waals surface area contributed by atoms with Gasteiger partial charge in [-0.2, -0.15) is 0 Å². The van der Waals surface area contributed by atoms with Crippen molar-refractivity contribution in [3.8, 4) is 0 Å². The molecule has 1 fully saturated rings. The Labute approximate surface area is 114 Å². The highest BCUT2D eigenvalue weighted by atomic mass is 16.1. The SMILES string of the molecule is CC(C)=CCNC(=O)c1cccn1C1CCNCC1. The van der Waals surface area contributed by atoms with E-state index in [1.165, 1.54) is 5.57 Å². The summed E-state index contributed by atoms with van der Waals surface area (Å²) < 4.78 is 2.12. The highest BCUT2D eigenvalue weighted by molar-refractivity contribution is 5.92. The number of rotatable bonds is 4. The first kappa shape index (κ1) is 13.9. The molecule has 1 aliphatic heterocycles. The van der Waals surface area contributed by atoms with Crippen molar-refractivity contribution in [2.75, 3.05) is 19.6 Å². The Morgan fingerprint density at radius 3 is 2.89 bits per heavy atom. The summed E-state index contributed by atoms with van der Waals surface area (Å²) in [5.74, 6) is 0.0148. The van der Waals surface area contributed by atoms with Gasteiger partial charge < -0.3 is 15.2 Å². The van der Waals surface area contributed by atoms with E-state index in [1.54, 1.807) is 0 Å². The van der Waals surface area contributed by atoms with Crippen molar-refractivity contribution in [3.05, 3.63) is 35.7 Å². The quantitative estimate of drug-likeness (QED) is 0.815. The lowest BCUT2D eigenvalue weighted by molar-refractivity contribution is 0.0945. The number of hydrogen-bond donors (Lipinski definition) is 2. The minimum absolute atomic E-state index is 0.0148. The van der Waals surface area contributed by atoms with E-state index in [9.17, 15) is 4.79 Å². The van der Waals surface area contributed by atoms with Crippen molar-refractivity contribution < 1.29 is 4.79 Å². The number of nitrogens with zero attached hydrogens (tertiary/aromatic N) is 1. The van der Waals surface area contributed by atoms with Crippen molar-refractivity contribution in [2.45, 2.75) is 32.7 Å². The molecule has 2 N–H and O–H groups in total. The van der Waals surface area contributed by atoms with Gasteiger partial charge in [-0.25, -0.2) is 0 Å². The lowest BCUT2D eigenvalue weighted by Crippen LogP contribution is -2.32. The fourth-order valence-electron chi connectivity index (χ4n) is 2.43. The van der Waals surface area contributed by atoms with Gasteiger partial charge in [-0.3, -0.25) is 4.79 Å². The summed E-state index contributed by atoms with van der Waals surface area (Å²) in [6.45, 7) is 6.72. The normalized spacial score (nSPS) is 16.1. The zero-order valence-electron chi connectivity index (χ0n) is 11.8. The van der Waals surface area contributed by atoms with Gasteiger partial charge in [0, 0.05) is 18.8 Å². The predicted molar refractivity (Wildman–Crippen MR) is 77.3 cm³/mol. The number of carbonyl (C=O) groups excluding carboxylic acids is 1. The highest BCUT2D eigenvalue weighted by Crippen LogP contribution is 2.21. The Hall–Kier alpha value is -1.55. The van der Waals surface area contributed by atoms with E-state index in [2.05, 4.69) is 15.2 Å². The Morgan fingerprint density at radius 2 is 2.21 bits per heavy atom. The fraction of sp³-hybridized carbons (Fsp3) is 0.533. The summed E-state index contributed by atoms with van der Waals surface area (Å²) in [5, 5.41) is 6.29. The van der Waals surface area contributed by atoms with E-state index in [0.717, 1.165) is 31.6 Å². The molecule has 1 aromatic rings. The Kier molecular flexibility index (Phi) is 4.80. The summed E-state index contributed by atoms with van der Waals surface area (Å²) in [4.78, 5) is 12.2. The maximum absolute atomic E-state index is 12.2. The number of allylic oxidation sites excluding steroid dienone is 1. The first-order valence-electron chi connectivity index (χ1n) is 6.97. The topological polar surface area (TPSA) is 46.1 Å². The maximum Gasteiger partial charge on any atom is 0.268 e. The van der Waals surface area contributed by atoms with Gasteiger partial charge in [-0.1, -0.05) is 11.6 Å². The maximum atomic E-state index is 12.2. The van der Waals surface area contributed by atoms with Crippen LogP contribution in [0.4, 0.5) is 0 Å². The van der Waals surface area contributed by atoms with Crippen molar-refractivity contribution in [1.82, 2.24) is 15.2 Å². The number of hydrogen-bond acceptors (Lipinski definition) is 2. The Bertz CT molecular complexity index is 452. The van der Waals surface area contributed by atoms with E-state index in [4.69, 9.17) is 0 Å². The third-order valence-corrected chi connectivity index (χ3v) is 3.49. The molecule has 0 saturated carbocycles. The molecule has 0 radical (unpaired) electrons. The molecule has 4 heteroatoms. The second kappa shape index (κ2) is 6.57. The molecule has 0 spiro atoms. The van der Waals surface area contributed by atoms with Crippen molar-refractivity contribution in [2.24, 2.45) is 0 Å². The monoisotopic (exact) mass is 261 g/mol. The zero-order chi connectivity index (χ0) is 13.7. The molecule has 19 heavy (non-hydrogen) atoms. The zero-order valence-corrected chi connectivity index (χ0v) is 11.8. The van der Waals surface area contributed by atoms with Crippen molar-refractivity contribution >= 4 is 5.91 Å². The van der Waals surface area contributed by atoms with Crippen molar-refractivity contribution in [1.29, 1.82) is 0 Å². The summed E-state index contributed by atoms with van der Waals surface area (Å²) in [5.41, 5.74) is 1.99. The summed E-state index contributed by atoms with van der Waals surface area (Å²) in [7, 11) is 0. The van der Waals surface area contributed by atoms with Gasteiger partial charge in [-0.05, 0) is 51.9 Å². The van der Waals surface area contributed by atoms with Crippen LogP contribution >= 0.6 is 0 Å². The van der Waals surface area contributed by atoms with Crippen LogP contribution in [-0.4, -0.2) is 30.1 Å². The lowest BCUT2D eigenvalue weighted by Gasteiger charge is -2.25. The predicted octanol–water partition coefficient (Wildman–Crippen LogP) is 2.11. The molecule has 0 unspecified atom stereocenters. The average Bonchev–Trinajstić information content (AvgIpc) is 2.88. The van der Waals surface area contributed by atoms with Gasteiger partial charge in [0.1, 0.15) is 5.69 Å². The minimum atomic E-state index is 0.0148. The molecule has 1 amide bonds. The standard InChI is InChI=1S/C15H23N3O/c1-12(2)5-10-17-15(19)14-4-3-11-18(14)13-6-8-16-9-7-13/h3-5,11,13,16H,6-10H2,1-2H3,(H,17,19). The molecule has 1 aliphatic rings. The molecular formula is C15H23N3O. The molecule has 2 heterocycles. The van der Waals surface area contributed by atoms with Crippen LogP contribution in [0.3, 0.4) is 0 Å². The lowest BCUT2D eigenvalue weighted by atomic mass is 10.1. The van der Waals surface area contributed by atoms with Gasteiger partial charge in [0.15, 0.2) is 0 Å². The second-order valence-corrected chi connectivity index (χ2v) is 5.27. The van der Waals surface area contributed by atoms with Crippen LogP contribution < -0.4 is 10.6 Å². The van der Waals surface area contributed by atoms with Crippen LogP contribution in [0.15, 0.2) is 30.0 Å². The highest BCUT2D eigenvalue weighted by Gasteiger charge is 2.19. The van der Waals surface area contributed by atoms with Crippen LogP contribution in [0, 0.1) is 0 Å². The Morgan fingerprint density at radius 1 is 1.47 bits per heavy atom. The van der Waals surface area contributed by atoms with E-state index < -0.39 is 0 Å². The molecule has 0 aliphatic carbocycles. The molecule has 0 atom stereocenters. The van der Waals surface area contributed by atoms with E-state index in [-0.39, 0.29) is 5.91 Å². The minimum Gasteiger partial charge on any atom is -0.347 e. The molecule has 2 rings (SSSR count). The third kappa shape index (κ3) is 3.70. The molecular weight excluding hydrogens is 238 g/mol. The fourth-order valence-corrected chi connectivity index (χ4v) is 2.43. The van der Waals surface area contributed by atoms with E-state index in [1.807, 2.05) is 38.3 Å². The van der Waals surface area contributed by atoms with Gasteiger partial charge in [0.2, 0.25) is 0 Å². The van der Waals surface area contributed by atoms with Crippen molar-refractivity contribution in [3.63, 3.8) is 0 Å². The molecule has 4 nitrogen and oxygen atoms in total. The number of amides is 1. The van der Waals surface area contributed by atoms with Gasteiger partial charge in [-0.15, -0.1) is 0 Å². The number of aromatic nitrogens is 1. The number of carbonyl (C=O) groups is 1. The summed E-state index contributed by atoms with van der Waals surface area (Å²) in [6, 6.07) is 4.30. The van der Waals surface area contributed by atoms with Gasteiger partial charge in [0.25, 0.3) is 5.91 Å². The third-order valence-electron chi connectivity index (χ3n) is 3.49. The second-order valence-electron chi connectivity index (χ2n) is 5.27. The molecule has 104 valence electrons. The van der Waals surface area contributed by atoms with Crippen LogP contribution in [0.2, 0.25) is 0 Å². The largest absolute Gasteiger partial charge is 0.347 e. The van der Waals surface area contributed by atoms with Crippen LogP contribution in [-0.2, 0) is 0 Å². The molecule has 1 saturated heterocycles. The smallest absolute Gasteiger partial charge is 0.268 e. The first-order chi connectivity index (χ1) is 9.18. The average molecular weight is 261 g/mol. The number of piperidine rings is 1. The van der Waals surface area contributed by atoms with E-state index in [0.29, 0.717) is 12.6 Å². The molecule has 1 aromatic heterocycles. The summed E-state index contributed by atoms with van der Waals surface area (Å²) in [6.07, 6.45) is 6.22. The first-order valence-corrected chi connectivity index (χ1v) is 6.97. The van der Waals surface area contributed by atoms with Crippen LogP contribution in [0.25, 0.3) is 0 Å². The van der Waals surface area contributed by atoms with Crippen LogP contribution in [0.1, 0.15) is 43.2 Å². The number of nitrogens with one attached hydrogen (secondary N) is 2. The summed E-state index contributed by atoms with van der Waals surface area (Å²) >= 11 is 0. The van der Waals surface area contributed by atoms with E-state index >= 15 is 0 Å². The van der Waals surface area contributed by atoms with Crippen LogP contribution in [0.5, 0.6) is 0 Å². The van der Waals surface area contributed by atoms with Gasteiger partial charge >= 0.3 is 0 Å².